The zero-order valence-electron chi connectivity index (χ0n) is 18.3. The van der Waals surface area contributed by atoms with E-state index in [2.05, 4.69) is 11.0 Å². The fraction of sp³-hybridized carbons (Fsp3) is 0.400. The molecule has 2 aromatic carbocycles. The average Bonchev–Trinajstić information content (AvgIpc) is 3.11. The van der Waals surface area contributed by atoms with Crippen molar-refractivity contribution in [2.45, 2.75) is 19.3 Å². The van der Waals surface area contributed by atoms with Crippen LogP contribution in [0.3, 0.4) is 0 Å². The highest BCUT2D eigenvalue weighted by Gasteiger charge is 2.32. The molecule has 172 valence electrons. The van der Waals surface area contributed by atoms with E-state index in [0.29, 0.717) is 47.4 Å². The summed E-state index contributed by atoms with van der Waals surface area (Å²) in [6.45, 7) is 4.03. The number of hydrogen-bond acceptors (Lipinski definition) is 4. The van der Waals surface area contributed by atoms with Gasteiger partial charge in [-0.2, -0.15) is 5.26 Å². The number of nitrogens with zero attached hydrogens (tertiary/aromatic N) is 4. The first-order chi connectivity index (χ1) is 16.0. The van der Waals surface area contributed by atoms with Crippen LogP contribution in [0.25, 0.3) is 0 Å². The number of benzene rings is 2. The molecular weight excluding hydrogens is 459 g/mol. The summed E-state index contributed by atoms with van der Waals surface area (Å²) in [5, 5.41) is 9.76. The van der Waals surface area contributed by atoms with Crippen molar-refractivity contribution in [3.05, 3.63) is 63.6 Å². The number of carbonyl (C=O) groups excluding carboxylic acids is 2. The number of hydrogen-bond donors (Lipinski definition) is 0. The number of nitriles is 1. The van der Waals surface area contributed by atoms with E-state index >= 15 is 0 Å². The van der Waals surface area contributed by atoms with Gasteiger partial charge in [-0.25, -0.2) is 0 Å². The molecule has 1 unspecified atom stereocenters. The van der Waals surface area contributed by atoms with E-state index < -0.39 is 0 Å². The molecule has 0 N–H and O–H groups in total. The van der Waals surface area contributed by atoms with Crippen LogP contribution in [0.4, 0.5) is 5.69 Å². The SMILES string of the molecule is N#Cc1ccc(N2CCCN(C(=O)C3CCCN(C(=O)c4ccc(Cl)c(Cl)c4)C3)CC2)cc1. The van der Waals surface area contributed by atoms with E-state index in [-0.39, 0.29) is 17.7 Å². The minimum atomic E-state index is -0.188. The van der Waals surface area contributed by atoms with E-state index in [9.17, 15) is 9.59 Å². The van der Waals surface area contributed by atoms with Gasteiger partial charge in [-0.3, -0.25) is 9.59 Å². The summed E-state index contributed by atoms with van der Waals surface area (Å²) >= 11 is 12.1. The van der Waals surface area contributed by atoms with Gasteiger partial charge in [-0.05, 0) is 61.7 Å². The number of anilines is 1. The smallest absolute Gasteiger partial charge is 0.253 e. The molecule has 0 bridgehead atoms. The second-order valence-electron chi connectivity index (χ2n) is 8.54. The molecule has 1 atom stereocenters. The van der Waals surface area contributed by atoms with Crippen LogP contribution in [-0.2, 0) is 4.79 Å². The molecule has 0 aromatic heterocycles. The minimum Gasteiger partial charge on any atom is -0.370 e. The zero-order chi connectivity index (χ0) is 23.4. The normalized spacial score (nSPS) is 19.1. The van der Waals surface area contributed by atoms with E-state index in [1.54, 1.807) is 23.1 Å². The van der Waals surface area contributed by atoms with Gasteiger partial charge >= 0.3 is 0 Å². The summed E-state index contributed by atoms with van der Waals surface area (Å²) in [5.41, 5.74) is 2.20. The van der Waals surface area contributed by atoms with Crippen LogP contribution in [0.15, 0.2) is 42.5 Å². The van der Waals surface area contributed by atoms with Crippen molar-refractivity contribution >= 4 is 40.7 Å². The van der Waals surface area contributed by atoms with Crippen molar-refractivity contribution < 1.29 is 9.59 Å². The first kappa shape index (κ1) is 23.4. The van der Waals surface area contributed by atoms with Gasteiger partial charge in [0.25, 0.3) is 5.91 Å². The molecule has 0 radical (unpaired) electrons. The molecule has 33 heavy (non-hydrogen) atoms. The van der Waals surface area contributed by atoms with Crippen molar-refractivity contribution in [2.75, 3.05) is 44.2 Å². The highest BCUT2D eigenvalue weighted by Crippen LogP contribution is 2.26. The molecule has 0 spiro atoms. The van der Waals surface area contributed by atoms with Crippen molar-refractivity contribution in [1.82, 2.24) is 9.80 Å². The molecule has 2 fully saturated rings. The Bertz CT molecular complexity index is 1070. The summed E-state index contributed by atoms with van der Waals surface area (Å²) in [7, 11) is 0. The van der Waals surface area contributed by atoms with Gasteiger partial charge in [-0.1, -0.05) is 23.2 Å². The fourth-order valence-corrected chi connectivity index (χ4v) is 4.87. The molecule has 0 saturated carbocycles. The second-order valence-corrected chi connectivity index (χ2v) is 9.36. The second kappa shape index (κ2) is 10.5. The molecule has 2 aliphatic heterocycles. The third-order valence-electron chi connectivity index (χ3n) is 6.39. The Morgan fingerprint density at radius 1 is 0.879 bits per heavy atom. The highest BCUT2D eigenvalue weighted by molar-refractivity contribution is 6.42. The maximum absolute atomic E-state index is 13.3. The van der Waals surface area contributed by atoms with Crippen LogP contribution in [0, 0.1) is 17.2 Å². The highest BCUT2D eigenvalue weighted by atomic mass is 35.5. The number of piperidine rings is 1. The van der Waals surface area contributed by atoms with Crippen LogP contribution in [0.2, 0.25) is 10.0 Å². The lowest BCUT2D eigenvalue weighted by atomic mass is 9.95. The molecule has 2 aliphatic rings. The lowest BCUT2D eigenvalue weighted by Gasteiger charge is -2.35. The molecule has 0 aliphatic carbocycles. The Balaban J connectivity index is 1.37. The van der Waals surface area contributed by atoms with Gasteiger partial charge in [-0.15, -0.1) is 0 Å². The maximum Gasteiger partial charge on any atom is 0.253 e. The van der Waals surface area contributed by atoms with E-state index in [0.717, 1.165) is 38.0 Å². The van der Waals surface area contributed by atoms with Crippen LogP contribution in [0.5, 0.6) is 0 Å². The summed E-state index contributed by atoms with van der Waals surface area (Å²) in [5.74, 6) is -0.177. The quantitative estimate of drug-likeness (QED) is 0.644. The molecule has 2 amide bonds. The Morgan fingerprint density at radius 2 is 1.64 bits per heavy atom. The summed E-state index contributed by atoms with van der Waals surface area (Å²) in [4.78, 5) is 32.3. The monoisotopic (exact) mass is 484 g/mol. The van der Waals surface area contributed by atoms with E-state index in [1.807, 2.05) is 29.2 Å². The Morgan fingerprint density at radius 3 is 2.36 bits per heavy atom. The standard InChI is InChI=1S/C25H26Cl2N4O2/c26-22-9-6-19(15-23(22)27)24(32)31-10-1-3-20(17-31)25(33)30-12-2-11-29(13-14-30)21-7-4-18(16-28)5-8-21/h4-9,15,20H,1-3,10-14,17H2. The van der Waals surface area contributed by atoms with Crippen LogP contribution in [0.1, 0.15) is 35.2 Å². The van der Waals surface area contributed by atoms with Crippen molar-refractivity contribution in [1.29, 1.82) is 5.26 Å². The van der Waals surface area contributed by atoms with Crippen molar-refractivity contribution in [2.24, 2.45) is 5.92 Å². The predicted molar refractivity (Wildman–Crippen MR) is 130 cm³/mol. The largest absolute Gasteiger partial charge is 0.370 e. The van der Waals surface area contributed by atoms with Gasteiger partial charge < -0.3 is 14.7 Å². The maximum atomic E-state index is 13.3. The van der Waals surface area contributed by atoms with Gasteiger partial charge in [0, 0.05) is 50.5 Å². The minimum absolute atomic E-state index is 0.117. The van der Waals surface area contributed by atoms with Crippen LogP contribution >= 0.6 is 23.2 Å². The Hall–Kier alpha value is -2.75. The third kappa shape index (κ3) is 5.43. The first-order valence-corrected chi connectivity index (χ1v) is 12.0. The third-order valence-corrected chi connectivity index (χ3v) is 7.13. The molecule has 8 heteroatoms. The van der Waals surface area contributed by atoms with Gasteiger partial charge in [0.2, 0.25) is 5.91 Å². The summed E-state index contributed by atoms with van der Waals surface area (Å²) in [6, 6.07) is 14.6. The van der Waals surface area contributed by atoms with Crippen molar-refractivity contribution in [3.63, 3.8) is 0 Å². The van der Waals surface area contributed by atoms with Gasteiger partial charge in [0.1, 0.15) is 0 Å². The lowest BCUT2D eigenvalue weighted by Crippen LogP contribution is -2.47. The molecular formula is C25H26Cl2N4O2. The van der Waals surface area contributed by atoms with Crippen LogP contribution in [-0.4, -0.2) is 60.9 Å². The van der Waals surface area contributed by atoms with E-state index in [4.69, 9.17) is 28.5 Å². The molecule has 4 rings (SSSR count). The zero-order valence-corrected chi connectivity index (χ0v) is 19.9. The Labute approximate surface area is 204 Å². The summed E-state index contributed by atoms with van der Waals surface area (Å²) in [6.07, 6.45) is 2.47. The first-order valence-electron chi connectivity index (χ1n) is 11.2. The fourth-order valence-electron chi connectivity index (χ4n) is 4.58. The molecule has 2 aromatic rings. The average molecular weight is 485 g/mol. The predicted octanol–water partition coefficient (Wildman–Crippen LogP) is 4.46. The number of amides is 2. The molecule has 2 heterocycles. The van der Waals surface area contributed by atoms with Crippen LogP contribution < -0.4 is 4.90 Å². The number of likely N-dealkylation sites (tertiary alicyclic amines) is 1. The molecule has 6 nitrogen and oxygen atoms in total. The summed E-state index contributed by atoms with van der Waals surface area (Å²) < 4.78 is 0. The van der Waals surface area contributed by atoms with Gasteiger partial charge in [0.15, 0.2) is 0 Å². The topological polar surface area (TPSA) is 67.7 Å². The van der Waals surface area contributed by atoms with E-state index in [1.165, 1.54) is 0 Å². The van der Waals surface area contributed by atoms with Crippen molar-refractivity contribution in [3.8, 4) is 6.07 Å². The molecule has 2 saturated heterocycles. The number of rotatable bonds is 3. The Kier molecular flexibility index (Phi) is 7.42. The lowest BCUT2D eigenvalue weighted by molar-refractivity contribution is -0.136. The number of carbonyl (C=O) groups is 2. The number of halogens is 2. The van der Waals surface area contributed by atoms with Gasteiger partial charge in [0.05, 0.1) is 27.6 Å².